The summed E-state index contributed by atoms with van der Waals surface area (Å²) >= 11 is 0. The van der Waals surface area contributed by atoms with Gasteiger partial charge in [0.1, 0.15) is 0 Å². The fraction of sp³-hybridized carbons (Fsp3) is 0.929. The van der Waals surface area contributed by atoms with Gasteiger partial charge in [-0.25, -0.2) is 0 Å². The first-order valence-corrected chi connectivity index (χ1v) is 13.9. The minimum Gasteiger partial charge on any atom is -0.466 e. The number of unbranched alkanes of at least 4 members (excludes halogenated alkanes) is 15. The van der Waals surface area contributed by atoms with E-state index in [2.05, 4.69) is 13.8 Å². The summed E-state index contributed by atoms with van der Waals surface area (Å²) in [6.07, 6.45) is 23.5. The molecule has 0 radical (unpaired) electrons. The van der Waals surface area contributed by atoms with Crippen LogP contribution in [0.15, 0.2) is 0 Å². The van der Waals surface area contributed by atoms with Gasteiger partial charge >= 0.3 is 11.9 Å². The minimum atomic E-state index is -0.0180. The summed E-state index contributed by atoms with van der Waals surface area (Å²) in [4.78, 5) is 23.3. The normalized spacial score (nSPS) is 12.0. The zero-order valence-electron chi connectivity index (χ0n) is 21.8. The Hall–Kier alpha value is -1.06. The van der Waals surface area contributed by atoms with Crippen LogP contribution in [-0.4, -0.2) is 25.2 Å². The third kappa shape index (κ3) is 22.1. The van der Waals surface area contributed by atoms with Crippen molar-refractivity contribution in [3.63, 3.8) is 0 Å². The highest BCUT2D eigenvalue weighted by molar-refractivity contribution is 5.71. The van der Waals surface area contributed by atoms with Gasteiger partial charge in [0, 0.05) is 6.42 Å². The lowest BCUT2D eigenvalue weighted by molar-refractivity contribution is -0.148. The maximum absolute atomic E-state index is 11.8. The van der Waals surface area contributed by atoms with E-state index in [-0.39, 0.29) is 17.9 Å². The van der Waals surface area contributed by atoms with E-state index in [4.69, 9.17) is 9.47 Å². The predicted molar refractivity (Wildman–Crippen MR) is 135 cm³/mol. The summed E-state index contributed by atoms with van der Waals surface area (Å²) in [6, 6.07) is 0. The fourth-order valence-electron chi connectivity index (χ4n) is 3.82. The van der Waals surface area contributed by atoms with Crippen LogP contribution in [0.2, 0.25) is 0 Å². The molecule has 0 aromatic heterocycles. The van der Waals surface area contributed by atoms with E-state index in [1.807, 2.05) is 6.92 Å². The maximum atomic E-state index is 11.8. The second kappa shape index (κ2) is 24.6. The third-order valence-corrected chi connectivity index (χ3v) is 6.17. The Morgan fingerprint density at radius 2 is 0.969 bits per heavy atom. The van der Waals surface area contributed by atoms with E-state index in [1.165, 1.54) is 70.6 Å². The molecule has 0 N–H and O–H groups in total. The van der Waals surface area contributed by atoms with Crippen LogP contribution < -0.4 is 0 Å². The summed E-state index contributed by atoms with van der Waals surface area (Å²) < 4.78 is 10.5. The van der Waals surface area contributed by atoms with Gasteiger partial charge < -0.3 is 9.47 Å². The molecule has 0 saturated carbocycles. The van der Waals surface area contributed by atoms with Gasteiger partial charge in [0.05, 0.1) is 19.1 Å². The van der Waals surface area contributed by atoms with Crippen molar-refractivity contribution in [3.8, 4) is 0 Å². The Morgan fingerprint density at radius 3 is 1.44 bits per heavy atom. The van der Waals surface area contributed by atoms with E-state index < -0.39 is 0 Å². The number of rotatable bonds is 24. The summed E-state index contributed by atoms with van der Waals surface area (Å²) in [5.41, 5.74) is 0. The zero-order valence-corrected chi connectivity index (χ0v) is 21.8. The van der Waals surface area contributed by atoms with Crippen molar-refractivity contribution in [2.24, 2.45) is 5.92 Å². The van der Waals surface area contributed by atoms with Crippen LogP contribution in [0, 0.1) is 5.92 Å². The number of carbonyl (C=O) groups is 2. The van der Waals surface area contributed by atoms with Crippen molar-refractivity contribution in [1.29, 1.82) is 0 Å². The zero-order chi connectivity index (χ0) is 23.7. The molecule has 32 heavy (non-hydrogen) atoms. The molecule has 0 spiro atoms. The van der Waals surface area contributed by atoms with Crippen LogP contribution in [0.1, 0.15) is 149 Å². The second-order valence-electron chi connectivity index (χ2n) is 9.48. The second-order valence-corrected chi connectivity index (χ2v) is 9.48. The molecule has 190 valence electrons. The van der Waals surface area contributed by atoms with Gasteiger partial charge in [-0.3, -0.25) is 9.59 Å². The fourth-order valence-corrected chi connectivity index (χ4v) is 3.82. The van der Waals surface area contributed by atoms with Crippen LogP contribution in [0.4, 0.5) is 0 Å². The van der Waals surface area contributed by atoms with Crippen LogP contribution in [0.5, 0.6) is 0 Å². The molecule has 0 aliphatic carbocycles. The molecule has 1 atom stereocenters. The average Bonchev–Trinajstić information content (AvgIpc) is 2.78. The lowest BCUT2D eigenvalue weighted by Crippen LogP contribution is -2.15. The van der Waals surface area contributed by atoms with Crippen molar-refractivity contribution < 1.29 is 19.1 Å². The largest absolute Gasteiger partial charge is 0.466 e. The Labute approximate surface area is 199 Å². The van der Waals surface area contributed by atoms with Crippen molar-refractivity contribution in [1.82, 2.24) is 0 Å². The molecular formula is C28H54O4. The lowest BCUT2D eigenvalue weighted by Gasteiger charge is -2.11. The van der Waals surface area contributed by atoms with Gasteiger partial charge in [-0.1, -0.05) is 117 Å². The van der Waals surface area contributed by atoms with Gasteiger partial charge in [-0.15, -0.1) is 0 Å². The number of carbonyl (C=O) groups excluding carboxylic acids is 2. The molecule has 4 nitrogen and oxygen atoms in total. The average molecular weight is 455 g/mol. The van der Waals surface area contributed by atoms with E-state index in [1.54, 1.807) is 0 Å². The van der Waals surface area contributed by atoms with Gasteiger partial charge in [-0.05, 0) is 25.7 Å². The molecule has 0 amide bonds. The highest BCUT2D eigenvalue weighted by Crippen LogP contribution is 2.16. The van der Waals surface area contributed by atoms with Crippen LogP contribution in [0.25, 0.3) is 0 Å². The summed E-state index contributed by atoms with van der Waals surface area (Å²) in [5, 5.41) is 0. The van der Waals surface area contributed by atoms with Crippen molar-refractivity contribution >= 4 is 11.9 Å². The quantitative estimate of drug-likeness (QED) is 0.108. The minimum absolute atomic E-state index is 0.0130. The van der Waals surface area contributed by atoms with E-state index in [0.29, 0.717) is 19.6 Å². The molecule has 0 rings (SSSR count). The topological polar surface area (TPSA) is 52.6 Å². The molecule has 0 heterocycles. The molecule has 0 aromatic rings. The molecule has 4 heteroatoms. The van der Waals surface area contributed by atoms with Crippen molar-refractivity contribution in [3.05, 3.63) is 0 Å². The van der Waals surface area contributed by atoms with Crippen molar-refractivity contribution in [2.75, 3.05) is 13.2 Å². The van der Waals surface area contributed by atoms with Crippen molar-refractivity contribution in [2.45, 2.75) is 149 Å². The summed E-state index contributed by atoms with van der Waals surface area (Å²) in [6.45, 7) is 7.39. The van der Waals surface area contributed by atoms with Gasteiger partial charge in [0.15, 0.2) is 0 Å². The molecule has 0 bridgehead atoms. The molecule has 1 unspecified atom stereocenters. The highest BCUT2D eigenvalue weighted by Gasteiger charge is 2.13. The highest BCUT2D eigenvalue weighted by atomic mass is 16.5. The number of hydrogen-bond acceptors (Lipinski definition) is 4. The standard InChI is InChI=1S/C28H54O4/c1-4-6-24-31-27(29)23-21-19-17-15-13-11-9-8-10-12-14-16-18-20-22-26(3)28(30)32-25-7-5-2/h26H,4-25H2,1-3H3. The van der Waals surface area contributed by atoms with Crippen LogP contribution >= 0.6 is 0 Å². The summed E-state index contributed by atoms with van der Waals surface area (Å²) in [5.74, 6) is 0.0235. The van der Waals surface area contributed by atoms with Crippen LogP contribution in [-0.2, 0) is 19.1 Å². The number of hydrogen-bond donors (Lipinski definition) is 0. The van der Waals surface area contributed by atoms with Crippen LogP contribution in [0.3, 0.4) is 0 Å². The number of esters is 2. The maximum Gasteiger partial charge on any atom is 0.308 e. The molecule has 0 fully saturated rings. The molecule has 0 aliphatic heterocycles. The Bertz CT molecular complexity index is 422. The first-order valence-electron chi connectivity index (χ1n) is 13.9. The van der Waals surface area contributed by atoms with Gasteiger partial charge in [0.25, 0.3) is 0 Å². The van der Waals surface area contributed by atoms with Gasteiger partial charge in [0.2, 0.25) is 0 Å². The first kappa shape index (κ1) is 30.9. The number of ether oxygens (including phenoxy) is 2. The Morgan fingerprint density at radius 1 is 0.562 bits per heavy atom. The van der Waals surface area contributed by atoms with E-state index in [0.717, 1.165) is 51.4 Å². The molecular weight excluding hydrogens is 400 g/mol. The Kier molecular flexibility index (Phi) is 23.8. The molecule has 0 aromatic carbocycles. The summed E-state index contributed by atoms with van der Waals surface area (Å²) in [7, 11) is 0. The first-order chi connectivity index (χ1) is 15.6. The van der Waals surface area contributed by atoms with E-state index in [9.17, 15) is 9.59 Å². The Balaban J connectivity index is 3.23. The van der Waals surface area contributed by atoms with Gasteiger partial charge in [-0.2, -0.15) is 0 Å². The van der Waals surface area contributed by atoms with E-state index >= 15 is 0 Å². The molecule has 0 aliphatic rings. The SMILES string of the molecule is CCCCOC(=O)CCCCCCCCCCCCCCCCC(C)C(=O)OCCCC. The monoisotopic (exact) mass is 454 g/mol. The predicted octanol–water partition coefficient (Wildman–Crippen LogP) is 8.55. The smallest absolute Gasteiger partial charge is 0.308 e. The lowest BCUT2D eigenvalue weighted by atomic mass is 10.0. The molecule has 0 saturated heterocycles. The third-order valence-electron chi connectivity index (χ3n) is 6.17.